The molecule has 1 aliphatic heterocycles. The van der Waals surface area contributed by atoms with E-state index in [9.17, 15) is 14.0 Å². The zero-order valence-corrected chi connectivity index (χ0v) is 17.7. The molecule has 0 saturated carbocycles. The number of benzene rings is 3. The summed E-state index contributed by atoms with van der Waals surface area (Å²) in [7, 11) is 1.67. The van der Waals surface area contributed by atoms with Gasteiger partial charge in [0.1, 0.15) is 5.82 Å². The molecule has 1 atom stereocenters. The molecule has 6 nitrogen and oxygen atoms in total. The number of carbonyl (C=O) groups excluding carboxylic acids is 2. The second-order valence-corrected chi connectivity index (χ2v) is 7.62. The highest BCUT2D eigenvalue weighted by Gasteiger charge is 2.28. The minimum atomic E-state index is -0.599. The molecule has 162 valence electrons. The van der Waals surface area contributed by atoms with Crippen LogP contribution in [0.25, 0.3) is 11.3 Å². The number of carbonyl (C=O) groups is 2. The Balaban J connectivity index is 1.74. The highest BCUT2D eigenvalue weighted by molar-refractivity contribution is 6.37. The second kappa shape index (κ2) is 8.64. The van der Waals surface area contributed by atoms with Gasteiger partial charge in [-0.1, -0.05) is 30.3 Å². The minimum absolute atomic E-state index is 0.190. The first-order valence-corrected chi connectivity index (χ1v) is 10.2. The van der Waals surface area contributed by atoms with Crippen molar-refractivity contribution in [3.63, 3.8) is 0 Å². The summed E-state index contributed by atoms with van der Waals surface area (Å²) in [5.74, 6) is -0.916. The topological polar surface area (TPSA) is 87.5 Å². The number of anilines is 3. The summed E-state index contributed by atoms with van der Waals surface area (Å²) >= 11 is 0. The van der Waals surface area contributed by atoms with Crippen molar-refractivity contribution < 1.29 is 14.0 Å². The smallest absolute Gasteiger partial charge is 0.258 e. The predicted octanol–water partition coefficient (Wildman–Crippen LogP) is 4.07. The molecule has 1 aliphatic rings. The van der Waals surface area contributed by atoms with Gasteiger partial charge in [0.25, 0.3) is 5.91 Å². The van der Waals surface area contributed by atoms with E-state index in [0.29, 0.717) is 28.2 Å². The highest BCUT2D eigenvalue weighted by atomic mass is 19.1. The zero-order chi connectivity index (χ0) is 22.8. The Morgan fingerprint density at radius 3 is 2.41 bits per heavy atom. The number of hydrogen-bond acceptors (Lipinski definition) is 4. The van der Waals surface area contributed by atoms with E-state index < -0.39 is 11.9 Å². The number of rotatable bonds is 5. The molecule has 3 aromatic carbocycles. The van der Waals surface area contributed by atoms with Crippen LogP contribution in [0.1, 0.15) is 18.1 Å². The normalized spacial score (nSPS) is 14.9. The summed E-state index contributed by atoms with van der Waals surface area (Å²) < 4.78 is 13.7. The van der Waals surface area contributed by atoms with Crippen LogP contribution in [0.4, 0.5) is 21.5 Å². The standard InChI is InChI=1S/C25H23FN4O2/c1-15(27)25(32)30(2)19-11-9-18(10-12-19)28-23(16-6-4-3-5-7-16)22-20-13-8-17(26)14-21(20)29-24(22)31/h3-15,28H,27H2,1-2H3,(H,29,31)/b23-22-. The number of amides is 2. The van der Waals surface area contributed by atoms with Crippen molar-refractivity contribution in [3.8, 4) is 0 Å². The number of halogens is 1. The van der Waals surface area contributed by atoms with E-state index >= 15 is 0 Å². The molecule has 0 spiro atoms. The number of nitrogens with one attached hydrogen (secondary N) is 2. The molecule has 2 amide bonds. The number of likely N-dealkylation sites (N-methyl/N-ethyl adjacent to an activating group) is 1. The van der Waals surface area contributed by atoms with Gasteiger partial charge in [0.2, 0.25) is 5.91 Å². The summed E-state index contributed by atoms with van der Waals surface area (Å²) in [5, 5.41) is 6.08. The third-order valence-corrected chi connectivity index (χ3v) is 5.28. The molecule has 0 aromatic heterocycles. The van der Waals surface area contributed by atoms with Crippen LogP contribution in [0.2, 0.25) is 0 Å². The Morgan fingerprint density at radius 1 is 1.06 bits per heavy atom. The van der Waals surface area contributed by atoms with Crippen LogP contribution in [0.3, 0.4) is 0 Å². The van der Waals surface area contributed by atoms with Crippen LogP contribution < -0.4 is 21.3 Å². The van der Waals surface area contributed by atoms with Crippen LogP contribution in [-0.2, 0) is 9.59 Å². The van der Waals surface area contributed by atoms with Crippen molar-refractivity contribution in [2.24, 2.45) is 5.73 Å². The van der Waals surface area contributed by atoms with Crippen LogP contribution in [-0.4, -0.2) is 24.9 Å². The molecule has 7 heteroatoms. The molecule has 3 aromatic rings. The van der Waals surface area contributed by atoms with Crippen LogP contribution in [0, 0.1) is 5.82 Å². The van der Waals surface area contributed by atoms with E-state index in [1.165, 1.54) is 17.0 Å². The molecule has 32 heavy (non-hydrogen) atoms. The average Bonchev–Trinajstić information content (AvgIpc) is 3.11. The van der Waals surface area contributed by atoms with Gasteiger partial charge in [-0.05, 0) is 55.0 Å². The van der Waals surface area contributed by atoms with Crippen molar-refractivity contribution in [2.45, 2.75) is 13.0 Å². The second-order valence-electron chi connectivity index (χ2n) is 7.62. The Bertz CT molecular complexity index is 1200. The quantitative estimate of drug-likeness (QED) is 0.533. The van der Waals surface area contributed by atoms with Gasteiger partial charge in [0.05, 0.1) is 23.0 Å². The lowest BCUT2D eigenvalue weighted by Gasteiger charge is -2.20. The first kappa shape index (κ1) is 21.3. The third kappa shape index (κ3) is 4.10. The van der Waals surface area contributed by atoms with Crippen molar-refractivity contribution >= 4 is 40.1 Å². The summed E-state index contributed by atoms with van der Waals surface area (Å²) in [5.41, 5.74) is 10.0. The third-order valence-electron chi connectivity index (χ3n) is 5.28. The average molecular weight is 430 g/mol. The van der Waals surface area contributed by atoms with Gasteiger partial charge < -0.3 is 21.3 Å². The van der Waals surface area contributed by atoms with Crippen LogP contribution >= 0.6 is 0 Å². The van der Waals surface area contributed by atoms with E-state index in [2.05, 4.69) is 10.6 Å². The Morgan fingerprint density at radius 2 is 1.75 bits per heavy atom. The molecule has 1 heterocycles. The van der Waals surface area contributed by atoms with Crippen molar-refractivity contribution in [3.05, 3.63) is 89.7 Å². The number of fused-ring (bicyclic) bond motifs is 1. The first-order valence-electron chi connectivity index (χ1n) is 10.2. The molecule has 0 aliphatic carbocycles. The van der Waals surface area contributed by atoms with E-state index in [0.717, 1.165) is 11.3 Å². The Labute approximate surface area is 185 Å². The molecule has 0 radical (unpaired) electrons. The Hall–Kier alpha value is -3.97. The minimum Gasteiger partial charge on any atom is -0.354 e. The van der Waals surface area contributed by atoms with Crippen molar-refractivity contribution in [1.82, 2.24) is 0 Å². The predicted molar refractivity (Wildman–Crippen MR) is 125 cm³/mol. The SMILES string of the molecule is CC(N)C(=O)N(C)c1ccc(N/C(=C2\C(=O)Nc3cc(F)ccc32)c2ccccc2)cc1. The summed E-state index contributed by atoms with van der Waals surface area (Å²) in [6.45, 7) is 1.64. The van der Waals surface area contributed by atoms with E-state index in [4.69, 9.17) is 5.73 Å². The van der Waals surface area contributed by atoms with E-state index in [1.807, 2.05) is 42.5 Å². The van der Waals surface area contributed by atoms with E-state index in [1.54, 1.807) is 32.2 Å². The lowest BCUT2D eigenvalue weighted by atomic mass is 10.00. The van der Waals surface area contributed by atoms with Gasteiger partial charge in [-0.25, -0.2) is 4.39 Å². The molecule has 0 saturated heterocycles. The van der Waals surface area contributed by atoms with Gasteiger partial charge in [-0.3, -0.25) is 9.59 Å². The number of nitrogens with two attached hydrogens (primary N) is 1. The van der Waals surface area contributed by atoms with Gasteiger partial charge in [-0.2, -0.15) is 0 Å². The van der Waals surface area contributed by atoms with Crippen LogP contribution in [0.5, 0.6) is 0 Å². The molecular weight excluding hydrogens is 407 g/mol. The van der Waals surface area contributed by atoms with Crippen molar-refractivity contribution in [1.29, 1.82) is 0 Å². The summed E-state index contributed by atoms with van der Waals surface area (Å²) in [6, 6.07) is 20.3. The maximum absolute atomic E-state index is 13.7. The van der Waals surface area contributed by atoms with Gasteiger partial charge in [-0.15, -0.1) is 0 Å². The summed E-state index contributed by atoms with van der Waals surface area (Å²) in [6.07, 6.45) is 0. The fraction of sp³-hybridized carbons (Fsp3) is 0.120. The lowest BCUT2D eigenvalue weighted by Crippen LogP contribution is -2.39. The van der Waals surface area contributed by atoms with Crippen LogP contribution in [0.15, 0.2) is 72.8 Å². The molecule has 4 N–H and O–H groups in total. The monoisotopic (exact) mass is 430 g/mol. The zero-order valence-electron chi connectivity index (χ0n) is 17.7. The first-order chi connectivity index (χ1) is 15.3. The fourth-order valence-corrected chi connectivity index (χ4v) is 3.62. The maximum atomic E-state index is 13.7. The lowest BCUT2D eigenvalue weighted by molar-refractivity contribution is -0.119. The van der Waals surface area contributed by atoms with Gasteiger partial charge in [0.15, 0.2) is 0 Å². The molecule has 0 bridgehead atoms. The molecule has 0 fully saturated rings. The largest absolute Gasteiger partial charge is 0.354 e. The Kier molecular flexibility index (Phi) is 5.75. The fourth-order valence-electron chi connectivity index (χ4n) is 3.62. The number of nitrogens with zero attached hydrogens (tertiary/aromatic N) is 1. The van der Waals surface area contributed by atoms with Gasteiger partial charge >= 0.3 is 0 Å². The molecule has 1 unspecified atom stereocenters. The maximum Gasteiger partial charge on any atom is 0.258 e. The number of hydrogen-bond donors (Lipinski definition) is 3. The highest BCUT2D eigenvalue weighted by Crippen LogP contribution is 2.38. The molecule has 4 rings (SSSR count). The van der Waals surface area contributed by atoms with Gasteiger partial charge in [0, 0.05) is 24.0 Å². The van der Waals surface area contributed by atoms with Crippen molar-refractivity contribution in [2.75, 3.05) is 22.6 Å². The molecular formula is C25H23FN4O2. The summed E-state index contributed by atoms with van der Waals surface area (Å²) in [4.78, 5) is 26.5. The van der Waals surface area contributed by atoms with E-state index in [-0.39, 0.29) is 11.8 Å².